The molecule has 3 N–H and O–H groups in total. The molecule has 0 unspecified atom stereocenters. The van der Waals surface area contributed by atoms with E-state index in [9.17, 15) is 4.79 Å². The maximum absolute atomic E-state index is 11.4. The summed E-state index contributed by atoms with van der Waals surface area (Å²) in [4.78, 5) is 15.8. The molecule has 0 saturated heterocycles. The highest BCUT2D eigenvalue weighted by atomic mass is 32.1. The minimum atomic E-state index is 0.133. The zero-order valence-electron chi connectivity index (χ0n) is 10.4. The molecule has 0 aromatic carbocycles. The summed E-state index contributed by atoms with van der Waals surface area (Å²) in [7, 11) is 0. The Hall–Kier alpha value is -0.940. The number of hydrogen-bond donors (Lipinski definition) is 2. The van der Waals surface area contributed by atoms with Gasteiger partial charge in [0.1, 0.15) is 0 Å². The Morgan fingerprint density at radius 1 is 1.47 bits per heavy atom. The first-order valence-electron chi connectivity index (χ1n) is 6.10. The molecule has 0 bridgehead atoms. The number of rotatable bonds is 8. The maximum atomic E-state index is 11.4. The minimum absolute atomic E-state index is 0.133. The van der Waals surface area contributed by atoms with E-state index in [1.165, 1.54) is 0 Å². The van der Waals surface area contributed by atoms with Crippen LogP contribution in [0, 0.1) is 6.92 Å². The number of hydrogen-bond acceptors (Lipinski definition) is 4. The number of aryl methyl sites for hydroxylation is 2. The summed E-state index contributed by atoms with van der Waals surface area (Å²) in [5, 5.41) is 6.05. The molecule has 0 saturated carbocycles. The Balaban J connectivity index is 2.04. The third-order valence-electron chi connectivity index (χ3n) is 2.46. The van der Waals surface area contributed by atoms with Crippen LogP contribution >= 0.6 is 11.3 Å². The van der Waals surface area contributed by atoms with Gasteiger partial charge in [-0.2, -0.15) is 0 Å². The molecular formula is C12H21N3OS. The van der Waals surface area contributed by atoms with Gasteiger partial charge in [-0.3, -0.25) is 4.79 Å². The Bertz CT molecular complexity index is 338. The van der Waals surface area contributed by atoms with Crippen molar-refractivity contribution in [2.45, 2.75) is 39.0 Å². The summed E-state index contributed by atoms with van der Waals surface area (Å²) in [5.74, 6) is 0.133. The first-order chi connectivity index (χ1) is 8.22. The summed E-state index contributed by atoms with van der Waals surface area (Å²) >= 11 is 1.66. The minimum Gasteiger partial charge on any atom is -0.356 e. The normalized spacial score (nSPS) is 10.5. The highest BCUT2D eigenvalue weighted by Crippen LogP contribution is 2.10. The topological polar surface area (TPSA) is 68.0 Å². The molecule has 0 aliphatic rings. The number of thiazole rings is 1. The second-order valence-corrected chi connectivity index (χ2v) is 5.12. The van der Waals surface area contributed by atoms with E-state index in [4.69, 9.17) is 5.73 Å². The fraction of sp³-hybridized carbons (Fsp3) is 0.667. The zero-order chi connectivity index (χ0) is 12.5. The van der Waals surface area contributed by atoms with E-state index < -0.39 is 0 Å². The quantitative estimate of drug-likeness (QED) is 0.694. The fourth-order valence-electron chi connectivity index (χ4n) is 1.54. The van der Waals surface area contributed by atoms with Gasteiger partial charge >= 0.3 is 0 Å². The van der Waals surface area contributed by atoms with Gasteiger partial charge in [0.15, 0.2) is 0 Å². The molecule has 0 radical (unpaired) electrons. The van der Waals surface area contributed by atoms with E-state index in [1.807, 2.05) is 6.92 Å². The number of nitrogens with one attached hydrogen (secondary N) is 1. The van der Waals surface area contributed by atoms with Gasteiger partial charge in [-0.05, 0) is 39.2 Å². The highest BCUT2D eigenvalue weighted by molar-refractivity contribution is 7.09. The Labute approximate surface area is 107 Å². The van der Waals surface area contributed by atoms with E-state index in [2.05, 4.69) is 15.7 Å². The zero-order valence-corrected chi connectivity index (χ0v) is 11.2. The van der Waals surface area contributed by atoms with Gasteiger partial charge in [0.2, 0.25) is 5.91 Å². The van der Waals surface area contributed by atoms with Crippen LogP contribution in [0.4, 0.5) is 0 Å². The summed E-state index contributed by atoms with van der Waals surface area (Å²) < 4.78 is 0. The van der Waals surface area contributed by atoms with Crippen molar-refractivity contribution in [1.82, 2.24) is 10.3 Å². The van der Waals surface area contributed by atoms with Crippen molar-refractivity contribution >= 4 is 17.2 Å². The van der Waals surface area contributed by atoms with Crippen LogP contribution in [0.25, 0.3) is 0 Å². The fourth-order valence-corrected chi connectivity index (χ4v) is 2.19. The molecule has 0 fully saturated rings. The number of carbonyl (C=O) groups is 1. The van der Waals surface area contributed by atoms with Crippen LogP contribution in [-0.2, 0) is 11.2 Å². The molecule has 17 heavy (non-hydrogen) atoms. The lowest BCUT2D eigenvalue weighted by atomic mass is 10.2. The van der Waals surface area contributed by atoms with Gasteiger partial charge < -0.3 is 11.1 Å². The molecule has 1 amide bonds. The van der Waals surface area contributed by atoms with E-state index >= 15 is 0 Å². The van der Waals surface area contributed by atoms with Crippen LogP contribution in [0.2, 0.25) is 0 Å². The number of carbonyl (C=O) groups excluding carboxylic acids is 1. The molecule has 0 spiro atoms. The summed E-state index contributed by atoms with van der Waals surface area (Å²) in [6.45, 7) is 3.43. The average Bonchev–Trinajstić information content (AvgIpc) is 2.71. The molecule has 4 nitrogen and oxygen atoms in total. The molecule has 1 aromatic rings. The highest BCUT2D eigenvalue weighted by Gasteiger charge is 2.02. The van der Waals surface area contributed by atoms with Crippen molar-refractivity contribution in [3.8, 4) is 0 Å². The Morgan fingerprint density at radius 2 is 2.29 bits per heavy atom. The molecule has 0 aliphatic heterocycles. The number of nitrogens with two attached hydrogens (primary N) is 1. The van der Waals surface area contributed by atoms with E-state index in [0.717, 1.165) is 42.9 Å². The van der Waals surface area contributed by atoms with E-state index in [0.29, 0.717) is 13.0 Å². The van der Waals surface area contributed by atoms with Gasteiger partial charge in [-0.25, -0.2) is 4.98 Å². The first kappa shape index (κ1) is 14.1. The SMILES string of the molecule is Cc1nc(CCCC(=O)NCCCCN)cs1. The molecule has 96 valence electrons. The lowest BCUT2D eigenvalue weighted by molar-refractivity contribution is -0.121. The molecule has 1 rings (SSSR count). The predicted molar refractivity (Wildman–Crippen MR) is 71.1 cm³/mol. The number of amides is 1. The second-order valence-electron chi connectivity index (χ2n) is 4.06. The van der Waals surface area contributed by atoms with Crippen molar-refractivity contribution in [3.05, 3.63) is 16.1 Å². The van der Waals surface area contributed by atoms with E-state index in [1.54, 1.807) is 11.3 Å². The van der Waals surface area contributed by atoms with Crippen LogP contribution in [-0.4, -0.2) is 24.0 Å². The number of unbranched alkanes of at least 4 members (excludes halogenated alkanes) is 1. The first-order valence-corrected chi connectivity index (χ1v) is 6.98. The molecule has 0 aliphatic carbocycles. The standard InChI is InChI=1S/C12H21N3OS/c1-10-15-11(9-17-10)5-4-6-12(16)14-8-3-2-7-13/h9H,2-8,13H2,1H3,(H,14,16). The van der Waals surface area contributed by atoms with Crippen molar-refractivity contribution in [3.63, 3.8) is 0 Å². The Morgan fingerprint density at radius 3 is 2.94 bits per heavy atom. The summed E-state index contributed by atoms with van der Waals surface area (Å²) in [6, 6.07) is 0. The van der Waals surface area contributed by atoms with Gasteiger partial charge in [0.05, 0.1) is 10.7 Å². The number of aromatic nitrogens is 1. The van der Waals surface area contributed by atoms with Gasteiger partial charge in [0, 0.05) is 18.3 Å². The number of nitrogens with zero attached hydrogens (tertiary/aromatic N) is 1. The lowest BCUT2D eigenvalue weighted by Gasteiger charge is -2.03. The predicted octanol–water partition coefficient (Wildman–Crippen LogP) is 1.63. The van der Waals surface area contributed by atoms with E-state index in [-0.39, 0.29) is 5.91 Å². The summed E-state index contributed by atoms with van der Waals surface area (Å²) in [5.41, 5.74) is 6.47. The van der Waals surface area contributed by atoms with Crippen molar-refractivity contribution in [2.24, 2.45) is 5.73 Å². The van der Waals surface area contributed by atoms with Crippen LogP contribution in [0.5, 0.6) is 0 Å². The second kappa shape index (κ2) is 8.20. The third-order valence-corrected chi connectivity index (χ3v) is 3.28. The van der Waals surface area contributed by atoms with Crippen LogP contribution in [0.1, 0.15) is 36.4 Å². The molecule has 1 aromatic heterocycles. The smallest absolute Gasteiger partial charge is 0.220 e. The largest absolute Gasteiger partial charge is 0.356 e. The molecule has 5 heteroatoms. The summed E-state index contributed by atoms with van der Waals surface area (Å²) in [6.07, 6.45) is 4.28. The van der Waals surface area contributed by atoms with Crippen LogP contribution < -0.4 is 11.1 Å². The Kier molecular flexibility index (Phi) is 6.81. The van der Waals surface area contributed by atoms with Crippen molar-refractivity contribution in [2.75, 3.05) is 13.1 Å². The maximum Gasteiger partial charge on any atom is 0.220 e. The molecule has 0 atom stereocenters. The molecular weight excluding hydrogens is 234 g/mol. The lowest BCUT2D eigenvalue weighted by Crippen LogP contribution is -2.24. The third kappa shape index (κ3) is 6.38. The van der Waals surface area contributed by atoms with Gasteiger partial charge in [0.25, 0.3) is 0 Å². The monoisotopic (exact) mass is 255 g/mol. The van der Waals surface area contributed by atoms with Crippen LogP contribution in [0.15, 0.2) is 5.38 Å². The van der Waals surface area contributed by atoms with Gasteiger partial charge in [-0.15, -0.1) is 11.3 Å². The van der Waals surface area contributed by atoms with Crippen molar-refractivity contribution in [1.29, 1.82) is 0 Å². The average molecular weight is 255 g/mol. The molecule has 1 heterocycles. The van der Waals surface area contributed by atoms with Crippen molar-refractivity contribution < 1.29 is 4.79 Å². The van der Waals surface area contributed by atoms with Gasteiger partial charge in [-0.1, -0.05) is 0 Å². The van der Waals surface area contributed by atoms with Crippen LogP contribution in [0.3, 0.4) is 0 Å².